The summed E-state index contributed by atoms with van der Waals surface area (Å²) in [5.41, 5.74) is 0.307. The van der Waals surface area contributed by atoms with Gasteiger partial charge in [-0.2, -0.15) is 0 Å². The number of benzene rings is 2. The van der Waals surface area contributed by atoms with E-state index in [1.165, 1.54) is 0 Å². The highest BCUT2D eigenvalue weighted by molar-refractivity contribution is 6.30. The highest BCUT2D eigenvalue weighted by Crippen LogP contribution is 2.33. The van der Waals surface area contributed by atoms with Crippen LogP contribution < -0.4 is 15.4 Å². The number of rotatable bonds is 7. The number of halogens is 1. The summed E-state index contributed by atoms with van der Waals surface area (Å²) < 4.78 is 5.10. The van der Waals surface area contributed by atoms with Crippen molar-refractivity contribution in [2.24, 2.45) is 0 Å². The highest BCUT2D eigenvalue weighted by atomic mass is 35.5. The van der Waals surface area contributed by atoms with E-state index in [0.29, 0.717) is 17.0 Å². The number of carbonyl (C=O) groups is 3. The van der Waals surface area contributed by atoms with Crippen molar-refractivity contribution in [2.45, 2.75) is 25.4 Å². The van der Waals surface area contributed by atoms with Gasteiger partial charge in [-0.1, -0.05) is 42.8 Å². The zero-order chi connectivity index (χ0) is 21.0. The van der Waals surface area contributed by atoms with Gasteiger partial charge in [-0.15, -0.1) is 0 Å². The maximum Gasteiger partial charge on any atom is 0.325 e. The first-order valence-corrected chi connectivity index (χ1v) is 9.57. The Morgan fingerprint density at radius 3 is 2.38 bits per heavy atom. The quantitative estimate of drug-likeness (QED) is 0.681. The molecule has 0 saturated carbocycles. The van der Waals surface area contributed by atoms with Crippen molar-refractivity contribution in [3.05, 3.63) is 64.7 Å². The van der Waals surface area contributed by atoms with E-state index in [-0.39, 0.29) is 13.1 Å². The van der Waals surface area contributed by atoms with E-state index in [4.69, 9.17) is 16.3 Å². The minimum atomic E-state index is -1.20. The summed E-state index contributed by atoms with van der Waals surface area (Å²) >= 11 is 5.93. The van der Waals surface area contributed by atoms with E-state index in [9.17, 15) is 14.4 Å². The number of hydrogen-bond acceptors (Lipinski definition) is 4. The summed E-state index contributed by atoms with van der Waals surface area (Å²) in [5, 5.41) is 6.00. The van der Waals surface area contributed by atoms with Gasteiger partial charge >= 0.3 is 6.03 Å². The van der Waals surface area contributed by atoms with Crippen molar-refractivity contribution in [3.63, 3.8) is 0 Å². The first-order valence-electron chi connectivity index (χ1n) is 9.19. The third-order valence-electron chi connectivity index (χ3n) is 4.99. The van der Waals surface area contributed by atoms with E-state index < -0.39 is 23.4 Å². The zero-order valence-corrected chi connectivity index (χ0v) is 17.0. The van der Waals surface area contributed by atoms with E-state index in [1.807, 2.05) is 12.1 Å². The predicted octanol–water partition coefficient (Wildman–Crippen LogP) is 2.82. The van der Waals surface area contributed by atoms with E-state index >= 15 is 0 Å². The summed E-state index contributed by atoms with van der Waals surface area (Å²) in [6.45, 7) is 1.73. The Balaban J connectivity index is 1.67. The number of imide groups is 1. The molecular formula is C21H22ClN3O4. The van der Waals surface area contributed by atoms with Crippen LogP contribution in [0.1, 0.15) is 24.5 Å². The lowest BCUT2D eigenvalue weighted by Gasteiger charge is -2.25. The van der Waals surface area contributed by atoms with Gasteiger partial charge in [0.1, 0.15) is 17.8 Å². The molecule has 3 rings (SSSR count). The molecule has 4 amide bonds. The van der Waals surface area contributed by atoms with Crippen LogP contribution in [-0.2, 0) is 21.7 Å². The maximum absolute atomic E-state index is 13.1. The summed E-state index contributed by atoms with van der Waals surface area (Å²) in [5.74, 6) is -0.156. The minimum Gasteiger partial charge on any atom is -0.497 e. The van der Waals surface area contributed by atoms with Crippen molar-refractivity contribution in [2.75, 3.05) is 13.7 Å². The molecule has 0 aromatic heterocycles. The zero-order valence-electron chi connectivity index (χ0n) is 16.2. The highest BCUT2D eigenvalue weighted by Gasteiger charge is 2.51. The van der Waals surface area contributed by atoms with Crippen LogP contribution in [0.3, 0.4) is 0 Å². The fraction of sp³-hybridized carbons (Fsp3) is 0.286. The van der Waals surface area contributed by atoms with E-state index in [0.717, 1.165) is 16.2 Å². The molecule has 7 nitrogen and oxygen atoms in total. The Morgan fingerprint density at radius 1 is 1.14 bits per heavy atom. The fourth-order valence-corrected chi connectivity index (χ4v) is 3.41. The van der Waals surface area contributed by atoms with Crippen molar-refractivity contribution in [1.82, 2.24) is 15.5 Å². The van der Waals surface area contributed by atoms with Gasteiger partial charge in [0.2, 0.25) is 5.91 Å². The van der Waals surface area contributed by atoms with Gasteiger partial charge in [0.05, 0.1) is 7.11 Å². The topological polar surface area (TPSA) is 87.7 Å². The number of hydrogen-bond donors (Lipinski definition) is 2. The van der Waals surface area contributed by atoms with Gasteiger partial charge in [-0.05, 0) is 41.8 Å². The Kier molecular flexibility index (Phi) is 6.08. The molecule has 1 heterocycles. The van der Waals surface area contributed by atoms with Crippen LogP contribution in [-0.4, -0.2) is 36.4 Å². The molecule has 1 fully saturated rings. The molecule has 0 bridgehead atoms. The average molecular weight is 416 g/mol. The van der Waals surface area contributed by atoms with E-state index in [2.05, 4.69) is 10.6 Å². The van der Waals surface area contributed by atoms with Crippen molar-refractivity contribution in [1.29, 1.82) is 0 Å². The molecule has 2 N–H and O–H groups in total. The van der Waals surface area contributed by atoms with Crippen molar-refractivity contribution < 1.29 is 19.1 Å². The molecule has 0 spiro atoms. The van der Waals surface area contributed by atoms with Crippen molar-refractivity contribution in [3.8, 4) is 5.75 Å². The first-order chi connectivity index (χ1) is 13.9. The van der Waals surface area contributed by atoms with Crippen LogP contribution in [0.25, 0.3) is 0 Å². The number of ether oxygens (including phenoxy) is 1. The van der Waals surface area contributed by atoms with Crippen LogP contribution in [0.5, 0.6) is 5.75 Å². The smallest absolute Gasteiger partial charge is 0.325 e. The lowest BCUT2D eigenvalue weighted by Crippen LogP contribution is -2.44. The molecule has 29 heavy (non-hydrogen) atoms. The molecule has 0 unspecified atom stereocenters. The molecule has 2 aromatic rings. The SMILES string of the molecule is CC[C@@]1(c2ccc(Cl)cc2)NC(=O)N(CC(=O)NCc2ccc(OC)cc2)C1=O. The van der Waals surface area contributed by atoms with Gasteiger partial charge in [-0.3, -0.25) is 14.5 Å². The second kappa shape index (κ2) is 8.53. The van der Waals surface area contributed by atoms with Gasteiger partial charge in [0.25, 0.3) is 5.91 Å². The van der Waals surface area contributed by atoms with Crippen LogP contribution in [0.2, 0.25) is 5.02 Å². The molecule has 2 aromatic carbocycles. The third-order valence-corrected chi connectivity index (χ3v) is 5.25. The van der Waals surface area contributed by atoms with Gasteiger partial charge in [0.15, 0.2) is 0 Å². The van der Waals surface area contributed by atoms with Gasteiger partial charge < -0.3 is 15.4 Å². The van der Waals surface area contributed by atoms with Crippen LogP contribution in [0, 0.1) is 0 Å². The monoisotopic (exact) mass is 415 g/mol. The Bertz CT molecular complexity index is 915. The third kappa shape index (κ3) is 4.19. The molecule has 0 radical (unpaired) electrons. The van der Waals surface area contributed by atoms with E-state index in [1.54, 1.807) is 50.4 Å². The summed E-state index contributed by atoms with van der Waals surface area (Å²) in [7, 11) is 1.58. The van der Waals surface area contributed by atoms with Crippen molar-refractivity contribution >= 4 is 29.4 Å². The summed E-state index contributed by atoms with van der Waals surface area (Å²) in [6, 6.07) is 13.4. The lowest BCUT2D eigenvalue weighted by molar-refractivity contribution is -0.135. The number of urea groups is 1. The van der Waals surface area contributed by atoms with Crippen LogP contribution in [0.4, 0.5) is 4.79 Å². The molecule has 152 valence electrons. The minimum absolute atomic E-state index is 0.280. The first kappa shape index (κ1) is 20.7. The molecule has 1 atom stereocenters. The lowest BCUT2D eigenvalue weighted by atomic mass is 9.87. The molecule has 1 aliphatic rings. The fourth-order valence-electron chi connectivity index (χ4n) is 3.29. The molecule has 1 aliphatic heterocycles. The maximum atomic E-state index is 13.1. The van der Waals surface area contributed by atoms with Crippen LogP contribution >= 0.6 is 11.6 Å². The number of nitrogens with one attached hydrogen (secondary N) is 2. The molecule has 1 saturated heterocycles. The Hall–Kier alpha value is -3.06. The average Bonchev–Trinajstić information content (AvgIpc) is 2.98. The van der Waals surface area contributed by atoms with Gasteiger partial charge in [-0.25, -0.2) is 4.79 Å². The molecular weight excluding hydrogens is 394 g/mol. The number of nitrogens with zero attached hydrogens (tertiary/aromatic N) is 1. The second-order valence-corrected chi connectivity index (χ2v) is 7.15. The summed E-state index contributed by atoms with van der Waals surface area (Å²) in [4.78, 5) is 38.8. The molecule has 8 heteroatoms. The largest absolute Gasteiger partial charge is 0.497 e. The van der Waals surface area contributed by atoms with Crippen LogP contribution in [0.15, 0.2) is 48.5 Å². The molecule has 0 aliphatic carbocycles. The predicted molar refractivity (Wildman–Crippen MR) is 109 cm³/mol. The second-order valence-electron chi connectivity index (χ2n) is 6.71. The Labute approximate surface area is 174 Å². The number of amides is 4. The standard InChI is InChI=1S/C21H22ClN3O4/c1-3-21(15-6-8-16(22)9-7-15)19(27)25(20(28)24-21)13-18(26)23-12-14-4-10-17(29-2)11-5-14/h4-11H,3,12-13H2,1-2H3,(H,23,26)(H,24,28)/t21-/m0/s1. The number of carbonyl (C=O) groups excluding carboxylic acids is 3. The van der Waals surface area contributed by atoms with Gasteiger partial charge in [0, 0.05) is 11.6 Å². The summed E-state index contributed by atoms with van der Waals surface area (Å²) in [6.07, 6.45) is 0.350. The normalized spacial score (nSPS) is 18.5. The Morgan fingerprint density at radius 2 is 1.79 bits per heavy atom. The number of methoxy groups -OCH3 is 1.